The van der Waals surface area contributed by atoms with Crippen molar-refractivity contribution < 1.29 is 9.59 Å². The van der Waals surface area contributed by atoms with Gasteiger partial charge in [-0.1, -0.05) is 27.5 Å². The fourth-order valence-corrected chi connectivity index (χ4v) is 2.46. The van der Waals surface area contributed by atoms with E-state index in [1.807, 2.05) is 0 Å². The fraction of sp³-hybridized carbons (Fsp3) is 0. The van der Waals surface area contributed by atoms with Gasteiger partial charge < -0.3 is 16.8 Å². The lowest BCUT2D eigenvalue weighted by molar-refractivity contribution is 0.0996. The molecule has 0 aliphatic heterocycles. The van der Waals surface area contributed by atoms with Gasteiger partial charge in [0.05, 0.1) is 10.6 Å². The van der Waals surface area contributed by atoms with Gasteiger partial charge in [0.2, 0.25) is 5.91 Å². The summed E-state index contributed by atoms with van der Waals surface area (Å²) in [6, 6.07) is 9.36. The smallest absolute Gasteiger partial charge is 0.255 e. The summed E-state index contributed by atoms with van der Waals surface area (Å²) >= 11 is 9.12. The van der Waals surface area contributed by atoms with Gasteiger partial charge in [-0.2, -0.15) is 0 Å². The largest absolute Gasteiger partial charge is 0.399 e. The Kier molecular flexibility index (Phi) is 4.50. The van der Waals surface area contributed by atoms with E-state index in [0.29, 0.717) is 21.4 Å². The number of halogens is 2. The third-order valence-corrected chi connectivity index (χ3v) is 3.46. The molecular formula is C14H11BrClN3O2. The molecule has 0 aliphatic rings. The Bertz CT molecular complexity index is 714. The molecule has 7 heteroatoms. The van der Waals surface area contributed by atoms with Crippen LogP contribution in [0.2, 0.25) is 5.02 Å². The third-order valence-electron chi connectivity index (χ3n) is 2.67. The second-order valence-corrected chi connectivity index (χ2v) is 5.61. The first kappa shape index (κ1) is 15.3. The van der Waals surface area contributed by atoms with Crippen LogP contribution in [0.1, 0.15) is 20.7 Å². The SMILES string of the molecule is NC(=O)c1cc(NC(=O)c2cc(N)cc(Br)c2)ccc1Cl. The van der Waals surface area contributed by atoms with Gasteiger partial charge in [-0.3, -0.25) is 9.59 Å². The van der Waals surface area contributed by atoms with Crippen molar-refractivity contribution >= 4 is 50.7 Å². The van der Waals surface area contributed by atoms with Crippen LogP contribution in [0.3, 0.4) is 0 Å². The maximum absolute atomic E-state index is 12.1. The van der Waals surface area contributed by atoms with Crippen LogP contribution in [0.4, 0.5) is 11.4 Å². The van der Waals surface area contributed by atoms with Crippen LogP contribution in [0.15, 0.2) is 40.9 Å². The van der Waals surface area contributed by atoms with Crippen molar-refractivity contribution in [3.63, 3.8) is 0 Å². The van der Waals surface area contributed by atoms with Crippen LogP contribution in [-0.2, 0) is 0 Å². The summed E-state index contributed by atoms with van der Waals surface area (Å²) < 4.78 is 0.696. The minimum absolute atomic E-state index is 0.142. The van der Waals surface area contributed by atoms with Crippen molar-refractivity contribution in [2.75, 3.05) is 11.1 Å². The standard InChI is InChI=1S/C14H11BrClN3O2/c15-8-3-7(4-9(17)5-8)14(21)19-10-1-2-12(16)11(6-10)13(18)20/h1-6H,17H2,(H2,18,20)(H,19,21). The van der Waals surface area contributed by atoms with Crippen molar-refractivity contribution in [1.29, 1.82) is 0 Å². The minimum Gasteiger partial charge on any atom is -0.399 e. The molecule has 0 radical (unpaired) electrons. The number of nitrogens with one attached hydrogen (secondary N) is 1. The molecule has 0 saturated carbocycles. The average molecular weight is 369 g/mol. The maximum atomic E-state index is 12.1. The lowest BCUT2D eigenvalue weighted by atomic mass is 10.1. The van der Waals surface area contributed by atoms with E-state index in [9.17, 15) is 9.59 Å². The van der Waals surface area contributed by atoms with Crippen LogP contribution in [0.25, 0.3) is 0 Å². The molecule has 108 valence electrons. The summed E-state index contributed by atoms with van der Waals surface area (Å²) in [5.41, 5.74) is 12.3. The summed E-state index contributed by atoms with van der Waals surface area (Å²) in [5, 5.41) is 2.88. The first-order chi connectivity index (χ1) is 9.86. The number of nitrogen functional groups attached to an aromatic ring is 1. The van der Waals surface area contributed by atoms with Gasteiger partial charge in [0.15, 0.2) is 0 Å². The number of hydrogen-bond acceptors (Lipinski definition) is 3. The molecule has 0 unspecified atom stereocenters. The Morgan fingerprint density at radius 2 is 1.86 bits per heavy atom. The first-order valence-electron chi connectivity index (χ1n) is 5.83. The van der Waals surface area contributed by atoms with Gasteiger partial charge in [-0.05, 0) is 36.4 Å². The van der Waals surface area contributed by atoms with E-state index in [-0.39, 0.29) is 16.5 Å². The van der Waals surface area contributed by atoms with Gasteiger partial charge >= 0.3 is 0 Å². The molecule has 0 aromatic heterocycles. The molecule has 5 nitrogen and oxygen atoms in total. The van der Waals surface area contributed by atoms with E-state index < -0.39 is 5.91 Å². The highest BCUT2D eigenvalue weighted by Gasteiger charge is 2.11. The summed E-state index contributed by atoms with van der Waals surface area (Å²) in [6.07, 6.45) is 0. The highest BCUT2D eigenvalue weighted by Crippen LogP contribution is 2.22. The molecule has 0 spiro atoms. The molecule has 0 aliphatic carbocycles. The summed E-state index contributed by atoms with van der Waals surface area (Å²) in [6.45, 7) is 0. The first-order valence-corrected chi connectivity index (χ1v) is 7.00. The molecule has 0 fully saturated rings. The van der Waals surface area contributed by atoms with Crippen molar-refractivity contribution in [3.8, 4) is 0 Å². The number of amides is 2. The highest BCUT2D eigenvalue weighted by molar-refractivity contribution is 9.10. The van der Waals surface area contributed by atoms with E-state index in [4.69, 9.17) is 23.1 Å². The molecule has 21 heavy (non-hydrogen) atoms. The van der Waals surface area contributed by atoms with Gasteiger partial charge in [0, 0.05) is 21.4 Å². The molecule has 2 aromatic rings. The number of benzene rings is 2. The van der Waals surface area contributed by atoms with E-state index in [0.717, 1.165) is 0 Å². The summed E-state index contributed by atoms with van der Waals surface area (Å²) in [7, 11) is 0. The fourth-order valence-electron chi connectivity index (χ4n) is 1.74. The lowest BCUT2D eigenvalue weighted by Gasteiger charge is -2.08. The molecule has 0 saturated heterocycles. The highest BCUT2D eigenvalue weighted by atomic mass is 79.9. The Morgan fingerprint density at radius 3 is 2.48 bits per heavy atom. The number of nitrogens with two attached hydrogens (primary N) is 2. The van der Waals surface area contributed by atoms with Crippen LogP contribution >= 0.6 is 27.5 Å². The minimum atomic E-state index is -0.664. The van der Waals surface area contributed by atoms with Crippen molar-refractivity contribution in [1.82, 2.24) is 0 Å². The second kappa shape index (κ2) is 6.15. The number of primary amides is 1. The number of carbonyl (C=O) groups excluding carboxylic acids is 2. The maximum Gasteiger partial charge on any atom is 0.255 e. The molecule has 5 N–H and O–H groups in total. The van der Waals surface area contributed by atoms with Crippen LogP contribution < -0.4 is 16.8 Å². The molecule has 0 bridgehead atoms. The Hall–Kier alpha value is -2.05. The Labute approximate surface area is 134 Å². The second-order valence-electron chi connectivity index (χ2n) is 4.29. The van der Waals surface area contributed by atoms with Crippen molar-refractivity contribution in [2.24, 2.45) is 5.73 Å². The van der Waals surface area contributed by atoms with E-state index in [2.05, 4.69) is 21.2 Å². The number of anilines is 2. The number of carbonyl (C=O) groups is 2. The molecular weight excluding hydrogens is 358 g/mol. The third kappa shape index (κ3) is 3.74. The molecule has 0 atom stereocenters. The van der Waals surface area contributed by atoms with E-state index >= 15 is 0 Å². The molecule has 2 amide bonds. The van der Waals surface area contributed by atoms with Gasteiger partial charge in [-0.15, -0.1) is 0 Å². The topological polar surface area (TPSA) is 98.2 Å². The molecule has 0 heterocycles. The van der Waals surface area contributed by atoms with E-state index in [1.165, 1.54) is 12.1 Å². The van der Waals surface area contributed by atoms with Crippen LogP contribution in [0.5, 0.6) is 0 Å². The zero-order chi connectivity index (χ0) is 15.6. The van der Waals surface area contributed by atoms with Gasteiger partial charge in [0.1, 0.15) is 0 Å². The van der Waals surface area contributed by atoms with Gasteiger partial charge in [-0.25, -0.2) is 0 Å². The lowest BCUT2D eigenvalue weighted by Crippen LogP contribution is -2.15. The molecule has 2 rings (SSSR count). The van der Waals surface area contributed by atoms with Crippen LogP contribution in [-0.4, -0.2) is 11.8 Å². The Balaban J connectivity index is 2.27. The zero-order valence-electron chi connectivity index (χ0n) is 10.7. The van der Waals surface area contributed by atoms with Crippen molar-refractivity contribution in [2.45, 2.75) is 0 Å². The van der Waals surface area contributed by atoms with Crippen molar-refractivity contribution in [3.05, 3.63) is 57.0 Å². The van der Waals surface area contributed by atoms with Gasteiger partial charge in [0.25, 0.3) is 5.91 Å². The monoisotopic (exact) mass is 367 g/mol. The van der Waals surface area contributed by atoms with Crippen LogP contribution in [0, 0.1) is 0 Å². The number of rotatable bonds is 3. The predicted molar refractivity (Wildman–Crippen MR) is 86.5 cm³/mol. The predicted octanol–water partition coefficient (Wildman–Crippen LogP) is 3.04. The average Bonchev–Trinajstić information content (AvgIpc) is 2.39. The summed E-state index contributed by atoms with van der Waals surface area (Å²) in [4.78, 5) is 23.4. The number of hydrogen-bond donors (Lipinski definition) is 3. The Morgan fingerprint density at radius 1 is 1.14 bits per heavy atom. The quantitative estimate of drug-likeness (QED) is 0.726. The summed E-state index contributed by atoms with van der Waals surface area (Å²) in [5.74, 6) is -1.02. The zero-order valence-corrected chi connectivity index (χ0v) is 13.0. The molecule has 2 aromatic carbocycles. The normalized spacial score (nSPS) is 10.2. The van der Waals surface area contributed by atoms with E-state index in [1.54, 1.807) is 24.3 Å².